The van der Waals surface area contributed by atoms with E-state index in [-0.39, 0.29) is 32.0 Å². The van der Waals surface area contributed by atoms with Crippen molar-refractivity contribution in [3.8, 4) is 11.1 Å². The highest BCUT2D eigenvalue weighted by atomic mass is 16.5. The molecule has 220 valence electrons. The van der Waals surface area contributed by atoms with Crippen LogP contribution in [0.25, 0.3) is 11.1 Å². The molecule has 9 heteroatoms. The molecular formula is C33H37N3O6. The van der Waals surface area contributed by atoms with Gasteiger partial charge in [-0.25, -0.2) is 9.59 Å². The number of hydrogen-bond donors (Lipinski definition) is 4. The number of alkyl carbamates (subject to hydrolysis) is 1. The van der Waals surface area contributed by atoms with Gasteiger partial charge >= 0.3 is 12.1 Å². The Hall–Kier alpha value is -4.21. The number of carbonyl (C=O) groups excluding carboxylic acids is 2. The zero-order chi connectivity index (χ0) is 29.5. The van der Waals surface area contributed by atoms with Crippen molar-refractivity contribution in [2.45, 2.75) is 49.7 Å². The number of nitrogens with one attached hydrogen (secondary N) is 2. The molecule has 2 amide bonds. The van der Waals surface area contributed by atoms with Crippen molar-refractivity contribution in [2.75, 3.05) is 26.3 Å². The van der Waals surface area contributed by atoms with E-state index in [1.54, 1.807) is 0 Å². The van der Waals surface area contributed by atoms with Gasteiger partial charge < -0.3 is 25.6 Å². The van der Waals surface area contributed by atoms with Crippen LogP contribution in [0.3, 0.4) is 0 Å². The number of aliphatic hydroxyl groups excluding tert-OH is 1. The van der Waals surface area contributed by atoms with E-state index in [1.165, 1.54) is 5.56 Å². The summed E-state index contributed by atoms with van der Waals surface area (Å²) in [6.07, 6.45) is 0.195. The van der Waals surface area contributed by atoms with Crippen molar-refractivity contribution < 1.29 is 29.3 Å². The molecule has 42 heavy (non-hydrogen) atoms. The van der Waals surface area contributed by atoms with Crippen LogP contribution in [-0.2, 0) is 20.9 Å². The van der Waals surface area contributed by atoms with Gasteiger partial charge in [-0.2, -0.15) is 0 Å². The van der Waals surface area contributed by atoms with E-state index in [2.05, 4.69) is 51.9 Å². The quantitative estimate of drug-likeness (QED) is 0.275. The van der Waals surface area contributed by atoms with Gasteiger partial charge in [-0.15, -0.1) is 0 Å². The van der Waals surface area contributed by atoms with Crippen LogP contribution in [0.15, 0.2) is 78.9 Å². The van der Waals surface area contributed by atoms with Crippen LogP contribution in [0.4, 0.5) is 4.79 Å². The molecule has 3 aromatic carbocycles. The van der Waals surface area contributed by atoms with E-state index in [0.717, 1.165) is 28.8 Å². The molecule has 1 fully saturated rings. The maximum Gasteiger partial charge on any atom is 0.407 e. The van der Waals surface area contributed by atoms with Gasteiger partial charge in [0.1, 0.15) is 12.6 Å². The Labute approximate surface area is 245 Å². The van der Waals surface area contributed by atoms with Gasteiger partial charge in [0.2, 0.25) is 5.91 Å². The van der Waals surface area contributed by atoms with E-state index in [4.69, 9.17) is 4.74 Å². The van der Waals surface area contributed by atoms with Gasteiger partial charge in [0.15, 0.2) is 0 Å². The van der Waals surface area contributed by atoms with Crippen molar-refractivity contribution >= 4 is 18.0 Å². The number of fused-ring (bicyclic) bond motifs is 3. The van der Waals surface area contributed by atoms with Gasteiger partial charge in [-0.05, 0) is 40.7 Å². The number of likely N-dealkylation sites (tertiary alicyclic amines) is 1. The number of carboxylic acid groups (broad SMARTS) is 1. The van der Waals surface area contributed by atoms with Gasteiger partial charge in [0.05, 0.1) is 5.54 Å². The van der Waals surface area contributed by atoms with E-state index in [1.807, 2.05) is 42.5 Å². The third-order valence-electron chi connectivity index (χ3n) is 8.32. The lowest BCUT2D eigenvalue weighted by Crippen LogP contribution is -2.58. The number of amides is 2. The summed E-state index contributed by atoms with van der Waals surface area (Å²) in [6, 6.07) is 25.1. The molecule has 1 aliphatic heterocycles. The second-order valence-corrected chi connectivity index (χ2v) is 11.1. The normalized spacial score (nSPS) is 16.6. The smallest absolute Gasteiger partial charge is 0.407 e. The third kappa shape index (κ3) is 6.80. The molecule has 3 aromatic rings. The average Bonchev–Trinajstić information content (AvgIpc) is 3.31. The van der Waals surface area contributed by atoms with E-state index >= 15 is 0 Å². The summed E-state index contributed by atoms with van der Waals surface area (Å²) in [4.78, 5) is 40.1. The SMILES string of the molecule is O=C(CC1(NC(=O)OCC2c3ccccc3-c3ccccc32)CCN(Cc2ccccc2)CC1)NC(CCO)C(=O)O. The van der Waals surface area contributed by atoms with Crippen LogP contribution in [0.2, 0.25) is 0 Å². The number of carbonyl (C=O) groups is 3. The first kappa shape index (κ1) is 29.3. The van der Waals surface area contributed by atoms with E-state index in [9.17, 15) is 24.6 Å². The Morgan fingerprint density at radius 1 is 0.905 bits per heavy atom. The maximum absolute atomic E-state index is 13.3. The van der Waals surface area contributed by atoms with Crippen molar-refractivity contribution in [2.24, 2.45) is 0 Å². The summed E-state index contributed by atoms with van der Waals surface area (Å²) >= 11 is 0. The van der Waals surface area contributed by atoms with Crippen LogP contribution < -0.4 is 10.6 Å². The predicted octanol–water partition coefficient (Wildman–Crippen LogP) is 3.90. The number of aliphatic carboxylic acids is 1. The molecule has 1 aliphatic carbocycles. The highest BCUT2D eigenvalue weighted by Crippen LogP contribution is 2.44. The summed E-state index contributed by atoms with van der Waals surface area (Å²) in [6.45, 7) is 1.83. The Morgan fingerprint density at radius 2 is 1.50 bits per heavy atom. The summed E-state index contributed by atoms with van der Waals surface area (Å²) in [5.74, 6) is -1.80. The monoisotopic (exact) mass is 571 g/mol. The van der Waals surface area contributed by atoms with E-state index in [0.29, 0.717) is 25.9 Å². The van der Waals surface area contributed by atoms with Crippen LogP contribution in [0.5, 0.6) is 0 Å². The predicted molar refractivity (Wildman–Crippen MR) is 158 cm³/mol. The summed E-state index contributed by atoms with van der Waals surface area (Å²) < 4.78 is 5.81. The number of rotatable bonds is 11. The minimum Gasteiger partial charge on any atom is -0.480 e. The second kappa shape index (κ2) is 13.2. The average molecular weight is 572 g/mol. The summed E-state index contributed by atoms with van der Waals surface area (Å²) in [5, 5.41) is 24.2. The third-order valence-corrected chi connectivity index (χ3v) is 8.32. The topological polar surface area (TPSA) is 128 Å². The number of benzene rings is 3. The van der Waals surface area contributed by atoms with Gasteiger partial charge in [0.25, 0.3) is 0 Å². The van der Waals surface area contributed by atoms with Crippen LogP contribution >= 0.6 is 0 Å². The van der Waals surface area contributed by atoms with Crippen molar-refractivity contribution in [1.82, 2.24) is 15.5 Å². The van der Waals surface area contributed by atoms with Crippen molar-refractivity contribution in [3.05, 3.63) is 95.6 Å². The van der Waals surface area contributed by atoms with Crippen LogP contribution in [-0.4, -0.2) is 71.0 Å². The molecular weight excluding hydrogens is 534 g/mol. The lowest BCUT2D eigenvalue weighted by Gasteiger charge is -2.42. The van der Waals surface area contributed by atoms with Crippen LogP contribution in [0, 0.1) is 0 Å². The largest absolute Gasteiger partial charge is 0.480 e. The zero-order valence-electron chi connectivity index (χ0n) is 23.5. The molecule has 5 rings (SSSR count). The molecule has 0 bridgehead atoms. The summed E-state index contributed by atoms with van der Waals surface area (Å²) in [7, 11) is 0. The number of hydrogen-bond acceptors (Lipinski definition) is 6. The Morgan fingerprint density at radius 3 is 2.10 bits per heavy atom. The van der Waals surface area contributed by atoms with Crippen LogP contribution in [0.1, 0.15) is 48.3 Å². The molecule has 0 radical (unpaired) electrons. The Kier molecular flexibility index (Phi) is 9.19. The first-order chi connectivity index (χ1) is 20.4. The fourth-order valence-electron chi connectivity index (χ4n) is 6.12. The molecule has 0 aromatic heterocycles. The minimum atomic E-state index is -1.21. The fraction of sp³-hybridized carbons (Fsp3) is 0.364. The first-order valence-corrected chi connectivity index (χ1v) is 14.4. The molecule has 1 atom stereocenters. The first-order valence-electron chi connectivity index (χ1n) is 14.4. The lowest BCUT2D eigenvalue weighted by molar-refractivity contribution is -0.142. The Bertz CT molecular complexity index is 1360. The maximum atomic E-state index is 13.3. The van der Waals surface area contributed by atoms with Crippen molar-refractivity contribution in [3.63, 3.8) is 0 Å². The molecule has 1 unspecified atom stereocenters. The Balaban J connectivity index is 1.27. The number of nitrogens with zero attached hydrogens (tertiary/aromatic N) is 1. The van der Waals surface area contributed by atoms with Gasteiger partial charge in [-0.1, -0.05) is 78.9 Å². The number of piperidine rings is 1. The molecule has 0 spiro atoms. The molecule has 9 nitrogen and oxygen atoms in total. The van der Waals surface area contributed by atoms with Gasteiger partial charge in [-0.3, -0.25) is 9.69 Å². The number of aliphatic hydroxyl groups is 1. The number of ether oxygens (including phenoxy) is 1. The van der Waals surface area contributed by atoms with Gasteiger partial charge in [0, 0.05) is 45.0 Å². The summed E-state index contributed by atoms with van der Waals surface area (Å²) in [5.41, 5.74) is 4.77. The molecule has 2 aliphatic rings. The molecule has 4 N–H and O–H groups in total. The highest BCUT2D eigenvalue weighted by Gasteiger charge is 2.39. The second-order valence-electron chi connectivity index (χ2n) is 11.1. The highest BCUT2D eigenvalue weighted by molar-refractivity contribution is 5.85. The lowest BCUT2D eigenvalue weighted by atomic mass is 9.83. The van der Waals surface area contributed by atoms with E-state index < -0.39 is 29.6 Å². The minimum absolute atomic E-state index is 0.0917. The fourth-order valence-corrected chi connectivity index (χ4v) is 6.12. The van der Waals surface area contributed by atoms with Crippen molar-refractivity contribution in [1.29, 1.82) is 0 Å². The zero-order valence-corrected chi connectivity index (χ0v) is 23.5. The molecule has 1 heterocycles. The molecule has 1 saturated heterocycles. The number of carboxylic acids is 1. The standard InChI is InChI=1S/C33H37N3O6/c37-19-14-29(31(39)40)34-30(38)20-33(15-17-36(18-16-33)21-23-8-2-1-3-9-23)35-32(41)42-22-28-26-12-6-4-10-24(26)25-11-5-7-13-27(25)28/h1-13,28-29,37H,14-22H2,(H,34,38)(H,35,41)(H,39,40). The molecule has 0 saturated carbocycles.